The van der Waals surface area contributed by atoms with Crippen LogP contribution in [0, 0.1) is 11.3 Å². The number of benzene rings is 2. The monoisotopic (exact) mass is 364 g/mol. The van der Waals surface area contributed by atoms with E-state index >= 15 is 0 Å². The van der Waals surface area contributed by atoms with Gasteiger partial charge in [-0.25, -0.2) is 4.68 Å². The van der Waals surface area contributed by atoms with Gasteiger partial charge in [-0.15, -0.1) is 0 Å². The first kappa shape index (κ1) is 17.7. The molecule has 6 heteroatoms. The predicted molar refractivity (Wildman–Crippen MR) is 101 cm³/mol. The highest BCUT2D eigenvalue weighted by Crippen LogP contribution is 2.24. The van der Waals surface area contributed by atoms with Crippen molar-refractivity contribution in [3.05, 3.63) is 71.4 Å². The Balaban J connectivity index is 2.05. The van der Waals surface area contributed by atoms with Crippen molar-refractivity contribution in [2.24, 2.45) is 0 Å². The second kappa shape index (κ2) is 7.85. The first-order valence-electron chi connectivity index (χ1n) is 8.14. The highest BCUT2D eigenvalue weighted by atomic mass is 35.5. The second-order valence-corrected chi connectivity index (χ2v) is 6.24. The molecule has 5 nitrogen and oxygen atoms in total. The Labute approximate surface area is 157 Å². The molecule has 0 radical (unpaired) electrons. The number of aromatic nitrogens is 2. The van der Waals surface area contributed by atoms with Gasteiger partial charge in [-0.3, -0.25) is 4.79 Å². The van der Waals surface area contributed by atoms with Gasteiger partial charge in [0.05, 0.1) is 23.9 Å². The summed E-state index contributed by atoms with van der Waals surface area (Å²) >= 11 is 5.96. The van der Waals surface area contributed by atoms with Crippen LogP contribution in [0.15, 0.2) is 60.7 Å². The maximum atomic E-state index is 12.9. The van der Waals surface area contributed by atoms with Crippen LogP contribution in [0.25, 0.3) is 16.9 Å². The van der Waals surface area contributed by atoms with E-state index in [0.717, 1.165) is 11.3 Å². The number of halogens is 1. The molecule has 26 heavy (non-hydrogen) atoms. The van der Waals surface area contributed by atoms with Crippen LogP contribution < -0.4 is 0 Å². The van der Waals surface area contributed by atoms with Crippen molar-refractivity contribution in [2.75, 3.05) is 13.6 Å². The molecule has 0 atom stereocenters. The van der Waals surface area contributed by atoms with Gasteiger partial charge in [-0.2, -0.15) is 10.4 Å². The Hall–Kier alpha value is -3.10. The van der Waals surface area contributed by atoms with Crippen LogP contribution in [0.5, 0.6) is 0 Å². The first-order chi connectivity index (χ1) is 12.6. The minimum Gasteiger partial charge on any atom is -0.339 e. The Bertz CT molecular complexity index is 942. The maximum absolute atomic E-state index is 12.9. The summed E-state index contributed by atoms with van der Waals surface area (Å²) in [6, 6.07) is 20.6. The second-order valence-electron chi connectivity index (χ2n) is 5.80. The lowest BCUT2D eigenvalue weighted by Gasteiger charge is -2.16. The van der Waals surface area contributed by atoms with Crippen molar-refractivity contribution >= 4 is 17.5 Å². The number of nitriles is 1. The maximum Gasteiger partial charge on any atom is 0.272 e. The smallest absolute Gasteiger partial charge is 0.272 e. The van der Waals surface area contributed by atoms with Crippen LogP contribution in [0.2, 0.25) is 5.02 Å². The summed E-state index contributed by atoms with van der Waals surface area (Å²) in [6.07, 6.45) is 0.283. The number of carbonyl (C=O) groups is 1. The van der Waals surface area contributed by atoms with Gasteiger partial charge >= 0.3 is 0 Å². The van der Waals surface area contributed by atoms with Crippen molar-refractivity contribution in [3.63, 3.8) is 0 Å². The van der Waals surface area contributed by atoms with E-state index in [-0.39, 0.29) is 12.3 Å². The summed E-state index contributed by atoms with van der Waals surface area (Å²) in [5.74, 6) is -0.184. The predicted octanol–water partition coefficient (Wildman–Crippen LogP) is 4.18. The van der Waals surface area contributed by atoms with Crippen molar-refractivity contribution < 1.29 is 4.79 Å². The molecule has 0 N–H and O–H groups in total. The molecule has 1 aromatic heterocycles. The van der Waals surface area contributed by atoms with Crippen molar-refractivity contribution in [2.45, 2.75) is 6.42 Å². The third-order valence-electron chi connectivity index (χ3n) is 3.97. The van der Waals surface area contributed by atoms with E-state index in [1.54, 1.807) is 29.9 Å². The average Bonchev–Trinajstić information content (AvgIpc) is 3.12. The molecule has 0 spiro atoms. The van der Waals surface area contributed by atoms with Crippen molar-refractivity contribution in [1.29, 1.82) is 5.26 Å². The number of nitrogens with zero attached hydrogens (tertiary/aromatic N) is 4. The van der Waals surface area contributed by atoms with Gasteiger partial charge in [-0.05, 0) is 30.3 Å². The fourth-order valence-corrected chi connectivity index (χ4v) is 2.70. The van der Waals surface area contributed by atoms with Crippen LogP contribution in [0.1, 0.15) is 16.9 Å². The topological polar surface area (TPSA) is 61.9 Å². The molecule has 0 aliphatic carbocycles. The average molecular weight is 365 g/mol. The number of hydrogen-bond donors (Lipinski definition) is 0. The Morgan fingerprint density at radius 1 is 1.19 bits per heavy atom. The first-order valence-corrected chi connectivity index (χ1v) is 8.52. The summed E-state index contributed by atoms with van der Waals surface area (Å²) in [6.45, 7) is 0.367. The van der Waals surface area contributed by atoms with Crippen LogP contribution in [0.3, 0.4) is 0 Å². The van der Waals surface area contributed by atoms with E-state index < -0.39 is 0 Å². The highest BCUT2D eigenvalue weighted by Gasteiger charge is 2.20. The molecule has 1 amide bonds. The van der Waals surface area contributed by atoms with E-state index in [2.05, 4.69) is 11.2 Å². The van der Waals surface area contributed by atoms with Crippen LogP contribution >= 0.6 is 11.6 Å². The molecule has 3 rings (SSSR count). The molecule has 1 heterocycles. The summed E-state index contributed by atoms with van der Waals surface area (Å²) < 4.78 is 1.63. The molecular formula is C20H17ClN4O. The highest BCUT2D eigenvalue weighted by molar-refractivity contribution is 6.30. The Morgan fingerprint density at radius 2 is 1.88 bits per heavy atom. The Kier molecular flexibility index (Phi) is 5.35. The lowest BCUT2D eigenvalue weighted by Crippen LogP contribution is -2.29. The number of hydrogen-bond acceptors (Lipinski definition) is 3. The molecule has 0 bridgehead atoms. The number of rotatable bonds is 5. The fourth-order valence-electron chi connectivity index (χ4n) is 2.58. The number of para-hydroxylation sites is 1. The van der Waals surface area contributed by atoms with Gasteiger partial charge in [-0.1, -0.05) is 41.9 Å². The fraction of sp³-hybridized carbons (Fsp3) is 0.150. The zero-order valence-corrected chi connectivity index (χ0v) is 15.0. The molecule has 0 aliphatic heterocycles. The lowest BCUT2D eigenvalue weighted by molar-refractivity contribution is 0.0789. The van der Waals surface area contributed by atoms with E-state index in [1.807, 2.05) is 42.5 Å². The molecule has 0 unspecified atom stereocenters. The number of amides is 1. The lowest BCUT2D eigenvalue weighted by atomic mass is 10.1. The summed E-state index contributed by atoms with van der Waals surface area (Å²) in [5.41, 5.74) is 2.80. The zero-order valence-electron chi connectivity index (χ0n) is 14.3. The number of carbonyl (C=O) groups excluding carboxylic acids is 1. The van der Waals surface area contributed by atoms with Crippen LogP contribution in [0.4, 0.5) is 0 Å². The third kappa shape index (κ3) is 3.76. The van der Waals surface area contributed by atoms with Crippen LogP contribution in [-0.2, 0) is 0 Å². The van der Waals surface area contributed by atoms with Gasteiger partial charge in [0.25, 0.3) is 5.91 Å². The van der Waals surface area contributed by atoms with Gasteiger partial charge < -0.3 is 4.90 Å². The molecule has 3 aromatic rings. The molecule has 0 saturated heterocycles. The molecule has 0 fully saturated rings. The summed E-state index contributed by atoms with van der Waals surface area (Å²) in [7, 11) is 1.68. The zero-order chi connectivity index (χ0) is 18.5. The SMILES string of the molecule is CN(CCC#N)C(=O)c1cc(-c2ccc(Cl)cc2)nn1-c1ccccc1. The van der Waals surface area contributed by atoms with E-state index in [1.165, 1.54) is 4.90 Å². The molecular weight excluding hydrogens is 348 g/mol. The van der Waals surface area contributed by atoms with E-state index in [4.69, 9.17) is 16.9 Å². The van der Waals surface area contributed by atoms with Gasteiger partial charge in [0.2, 0.25) is 0 Å². The van der Waals surface area contributed by atoms with Gasteiger partial charge in [0.15, 0.2) is 0 Å². The molecule has 0 aliphatic rings. The normalized spacial score (nSPS) is 10.3. The van der Waals surface area contributed by atoms with Crippen molar-refractivity contribution in [1.82, 2.24) is 14.7 Å². The molecule has 0 saturated carbocycles. The van der Waals surface area contributed by atoms with Gasteiger partial charge in [0.1, 0.15) is 5.69 Å². The molecule has 130 valence electrons. The minimum atomic E-state index is -0.184. The minimum absolute atomic E-state index is 0.184. The third-order valence-corrected chi connectivity index (χ3v) is 4.23. The molecule has 2 aromatic carbocycles. The largest absolute Gasteiger partial charge is 0.339 e. The van der Waals surface area contributed by atoms with Gasteiger partial charge in [0, 0.05) is 24.2 Å². The van der Waals surface area contributed by atoms with E-state index in [0.29, 0.717) is 23.0 Å². The summed E-state index contributed by atoms with van der Waals surface area (Å²) in [4.78, 5) is 14.4. The van der Waals surface area contributed by atoms with Crippen LogP contribution in [-0.4, -0.2) is 34.2 Å². The Morgan fingerprint density at radius 3 is 2.54 bits per heavy atom. The standard InChI is InChI=1S/C20H17ClN4O/c1-24(13-5-12-22)20(26)19-14-18(15-8-10-16(21)11-9-15)23-25(19)17-6-3-2-4-7-17/h2-4,6-11,14H,5,13H2,1H3. The van der Waals surface area contributed by atoms with E-state index in [9.17, 15) is 4.79 Å². The van der Waals surface area contributed by atoms with Crippen molar-refractivity contribution in [3.8, 4) is 23.0 Å². The summed E-state index contributed by atoms with van der Waals surface area (Å²) in [5, 5.41) is 14.0. The quantitative estimate of drug-likeness (QED) is 0.682.